The maximum atomic E-state index is 13.1. The van der Waals surface area contributed by atoms with Gasteiger partial charge in [0.05, 0.1) is 26.4 Å². The molecule has 0 aliphatic carbocycles. The largest absolute Gasteiger partial charge is 0.472 e. The molecule has 3 N–H and O–H groups in total. The summed E-state index contributed by atoms with van der Waals surface area (Å²) in [6, 6.07) is 0. The molecular weight excluding hydrogens is 1260 g/mol. The summed E-state index contributed by atoms with van der Waals surface area (Å²) in [5.41, 5.74) is 0. The van der Waals surface area contributed by atoms with Crippen molar-refractivity contribution in [2.45, 2.75) is 367 Å². The summed E-state index contributed by atoms with van der Waals surface area (Å²) < 4.78 is 68.4. The molecule has 0 bridgehead atoms. The number of allylic oxidation sites excluding steroid dienone is 10. The van der Waals surface area contributed by atoms with Crippen LogP contribution in [0.25, 0.3) is 0 Å². The highest BCUT2D eigenvalue weighted by molar-refractivity contribution is 7.47. The number of phosphoric ester groups is 2. The predicted molar refractivity (Wildman–Crippen MR) is 390 cm³/mol. The quantitative estimate of drug-likeness (QED) is 0.0169. The lowest BCUT2D eigenvalue weighted by Crippen LogP contribution is -2.30. The topological polar surface area (TPSA) is 237 Å². The van der Waals surface area contributed by atoms with Crippen LogP contribution in [0.5, 0.6) is 0 Å². The first-order chi connectivity index (χ1) is 46.7. The normalized spacial score (nSPS) is 14.3. The van der Waals surface area contributed by atoms with Crippen LogP contribution in [0.15, 0.2) is 60.8 Å². The van der Waals surface area contributed by atoms with Crippen LogP contribution in [0.3, 0.4) is 0 Å². The number of ether oxygens (including phenoxy) is 4. The summed E-state index contributed by atoms with van der Waals surface area (Å²) in [5.74, 6) is -2.17. The Labute approximate surface area is 584 Å². The van der Waals surface area contributed by atoms with E-state index in [2.05, 4.69) is 88.5 Å². The predicted octanol–water partition coefficient (Wildman–Crippen LogP) is 21.9. The van der Waals surface area contributed by atoms with Crippen molar-refractivity contribution < 1.29 is 80.2 Å². The first-order valence-corrected chi connectivity index (χ1v) is 41.5. The van der Waals surface area contributed by atoms with E-state index in [0.29, 0.717) is 25.7 Å². The van der Waals surface area contributed by atoms with Gasteiger partial charge in [0.15, 0.2) is 12.2 Å². The van der Waals surface area contributed by atoms with Gasteiger partial charge in [-0.1, -0.05) is 300 Å². The Balaban J connectivity index is 5.25. The lowest BCUT2D eigenvalue weighted by Gasteiger charge is -2.21. The third-order valence-electron chi connectivity index (χ3n) is 16.5. The zero-order valence-electron chi connectivity index (χ0n) is 61.1. The Morgan fingerprint density at radius 1 is 0.302 bits per heavy atom. The number of carbonyl (C=O) groups is 4. The standard InChI is InChI=1S/C77H140O17P2/c1-5-9-13-17-21-25-29-31-33-34-35-36-38-40-44-46-50-54-58-62-75(80)88-68-73(94-77(82)64-60-56-52-48-42-28-24-20-16-12-8-4)70-92-96(85,86)90-66-71(78)65-89-95(83,84)91-69-72(93-76(81)63-59-55-51-47-41-27-23-19-15-11-7-3)67-87-74(79)61-57-53-49-45-43-39-37-32-30-26-22-18-14-10-6-2/h9,13,20-21,24-25,31,33,35-36,71-73,78H,5-8,10-12,14-19,22-23,26-30,32,34,37-70H2,1-4H3,(H,83,84)(H,85,86)/b13-9-,24-20-,25-21-,33-31-,36-35-. The van der Waals surface area contributed by atoms with Gasteiger partial charge in [-0.3, -0.25) is 37.3 Å². The smallest absolute Gasteiger partial charge is 0.462 e. The Kier molecular flexibility index (Phi) is 67.8. The molecule has 0 fully saturated rings. The number of carbonyl (C=O) groups excluding carboxylic acids is 4. The van der Waals surface area contributed by atoms with Gasteiger partial charge in [-0.25, -0.2) is 9.13 Å². The average Bonchev–Trinajstić information content (AvgIpc) is 1.15. The van der Waals surface area contributed by atoms with Crippen LogP contribution in [0.4, 0.5) is 0 Å². The number of aliphatic hydroxyl groups is 1. The van der Waals surface area contributed by atoms with E-state index in [4.69, 9.17) is 37.0 Å². The van der Waals surface area contributed by atoms with Crippen molar-refractivity contribution in [3.63, 3.8) is 0 Å². The Morgan fingerprint density at radius 2 is 0.552 bits per heavy atom. The van der Waals surface area contributed by atoms with Crippen LogP contribution in [0, 0.1) is 0 Å². The van der Waals surface area contributed by atoms with Crippen molar-refractivity contribution in [2.24, 2.45) is 0 Å². The van der Waals surface area contributed by atoms with E-state index in [1.807, 2.05) is 0 Å². The molecule has 0 aliphatic heterocycles. The second-order valence-electron chi connectivity index (χ2n) is 25.9. The molecule has 0 radical (unpaired) electrons. The summed E-state index contributed by atoms with van der Waals surface area (Å²) in [5, 5.41) is 10.6. The zero-order valence-corrected chi connectivity index (χ0v) is 62.8. The van der Waals surface area contributed by atoms with Gasteiger partial charge in [-0.15, -0.1) is 0 Å². The molecule has 0 saturated carbocycles. The van der Waals surface area contributed by atoms with Crippen LogP contribution >= 0.6 is 15.6 Å². The minimum Gasteiger partial charge on any atom is -0.462 e. The fraction of sp³-hybridized carbons (Fsp3) is 0.818. The van der Waals surface area contributed by atoms with Crippen LogP contribution in [0.2, 0.25) is 0 Å². The van der Waals surface area contributed by atoms with Crippen molar-refractivity contribution in [1.29, 1.82) is 0 Å². The van der Waals surface area contributed by atoms with E-state index < -0.39 is 97.5 Å². The maximum absolute atomic E-state index is 13.1. The third-order valence-corrected chi connectivity index (χ3v) is 18.4. The molecule has 5 unspecified atom stereocenters. The molecule has 19 heteroatoms. The van der Waals surface area contributed by atoms with Gasteiger partial charge in [0.25, 0.3) is 0 Å². The van der Waals surface area contributed by atoms with E-state index in [9.17, 15) is 43.2 Å². The lowest BCUT2D eigenvalue weighted by molar-refractivity contribution is -0.161. The molecule has 0 spiro atoms. The molecule has 96 heavy (non-hydrogen) atoms. The fourth-order valence-corrected chi connectivity index (χ4v) is 12.2. The number of esters is 4. The minimum atomic E-state index is -4.97. The molecule has 0 amide bonds. The van der Waals surface area contributed by atoms with Gasteiger partial charge in [-0.05, 0) is 83.5 Å². The molecule has 0 heterocycles. The molecule has 0 rings (SSSR count). The number of hydrogen-bond donors (Lipinski definition) is 3. The van der Waals surface area contributed by atoms with Crippen molar-refractivity contribution in [2.75, 3.05) is 39.6 Å². The van der Waals surface area contributed by atoms with Crippen LogP contribution in [0.1, 0.15) is 349 Å². The monoisotopic (exact) mass is 1400 g/mol. The van der Waals surface area contributed by atoms with E-state index >= 15 is 0 Å². The molecular formula is C77H140O17P2. The summed E-state index contributed by atoms with van der Waals surface area (Å²) in [6.07, 6.45) is 67.9. The average molecular weight is 1400 g/mol. The molecule has 17 nitrogen and oxygen atoms in total. The summed E-state index contributed by atoms with van der Waals surface area (Å²) >= 11 is 0. The molecule has 560 valence electrons. The Hall–Kier alpha value is -3.24. The van der Waals surface area contributed by atoms with Gasteiger partial charge in [-0.2, -0.15) is 0 Å². The van der Waals surface area contributed by atoms with Gasteiger partial charge < -0.3 is 33.8 Å². The first-order valence-electron chi connectivity index (χ1n) is 38.5. The number of aliphatic hydroxyl groups excluding tert-OH is 1. The van der Waals surface area contributed by atoms with Gasteiger partial charge in [0.1, 0.15) is 19.3 Å². The third kappa shape index (κ3) is 69.2. The molecule has 0 aromatic carbocycles. The number of unbranched alkanes of at least 4 members (excludes halogenated alkanes) is 37. The van der Waals surface area contributed by atoms with Crippen molar-refractivity contribution in [3.05, 3.63) is 60.8 Å². The number of hydrogen-bond acceptors (Lipinski definition) is 15. The zero-order chi connectivity index (χ0) is 70.4. The van der Waals surface area contributed by atoms with Gasteiger partial charge in [0, 0.05) is 25.7 Å². The van der Waals surface area contributed by atoms with Crippen molar-refractivity contribution >= 4 is 39.5 Å². The van der Waals surface area contributed by atoms with Gasteiger partial charge in [0.2, 0.25) is 0 Å². The van der Waals surface area contributed by atoms with E-state index in [1.54, 1.807) is 0 Å². The highest BCUT2D eigenvalue weighted by Gasteiger charge is 2.30. The van der Waals surface area contributed by atoms with E-state index in [0.717, 1.165) is 148 Å². The molecule has 0 aromatic heterocycles. The minimum absolute atomic E-state index is 0.0844. The van der Waals surface area contributed by atoms with Crippen LogP contribution in [-0.4, -0.2) is 96.7 Å². The second-order valence-corrected chi connectivity index (χ2v) is 28.8. The highest BCUT2D eigenvalue weighted by Crippen LogP contribution is 2.45. The summed E-state index contributed by atoms with van der Waals surface area (Å²) in [6.45, 7) is 4.75. The maximum Gasteiger partial charge on any atom is 0.472 e. The molecule has 5 atom stereocenters. The van der Waals surface area contributed by atoms with E-state index in [-0.39, 0.29) is 25.7 Å². The van der Waals surface area contributed by atoms with Crippen LogP contribution in [-0.2, 0) is 65.4 Å². The summed E-state index contributed by atoms with van der Waals surface area (Å²) in [4.78, 5) is 72.7. The fourth-order valence-electron chi connectivity index (χ4n) is 10.6. The van der Waals surface area contributed by atoms with E-state index in [1.165, 1.54) is 122 Å². The highest BCUT2D eigenvalue weighted by atomic mass is 31.2. The number of phosphoric acid groups is 2. The first kappa shape index (κ1) is 92.8. The summed E-state index contributed by atoms with van der Waals surface area (Å²) in [7, 11) is -9.93. The van der Waals surface area contributed by atoms with Crippen molar-refractivity contribution in [3.8, 4) is 0 Å². The second kappa shape index (κ2) is 70.2. The molecule has 0 saturated heterocycles. The lowest BCUT2D eigenvalue weighted by atomic mass is 10.0. The molecule has 0 aromatic rings. The SMILES string of the molecule is CC/C=C\C/C=C\C/C=C\C/C=C\CCCCCCCCC(=O)OCC(COP(=O)(O)OCC(O)COP(=O)(O)OCC(COC(=O)CCCCCCCCCCCCCCCCC)OC(=O)CCCCCCCCCCCCC)OC(=O)CCCCCCC/C=C\CCCC. The number of rotatable bonds is 73. The Morgan fingerprint density at radius 3 is 0.875 bits per heavy atom. The van der Waals surface area contributed by atoms with Crippen molar-refractivity contribution in [1.82, 2.24) is 0 Å². The Bertz CT molecular complexity index is 2060. The van der Waals surface area contributed by atoms with Crippen LogP contribution < -0.4 is 0 Å². The van der Waals surface area contributed by atoms with Gasteiger partial charge >= 0.3 is 39.5 Å². The molecule has 0 aliphatic rings.